The van der Waals surface area contributed by atoms with E-state index < -0.39 is 11.6 Å². The number of benzene rings is 2. The molecule has 2 aromatic carbocycles. The number of hydrogen-bond acceptors (Lipinski definition) is 1. The average molecular weight is 289 g/mol. The van der Waals surface area contributed by atoms with E-state index in [0.717, 1.165) is 11.6 Å². The summed E-state index contributed by atoms with van der Waals surface area (Å²) in [6.07, 6.45) is 0. The fourth-order valence-corrected chi connectivity index (χ4v) is 2.24. The molecule has 2 aromatic rings. The summed E-state index contributed by atoms with van der Waals surface area (Å²) in [5.41, 5.74) is 2.89. The smallest absolute Gasteiger partial charge is 0.128 e. The monoisotopic (exact) mass is 289 g/mol. The van der Waals surface area contributed by atoms with Gasteiger partial charge >= 0.3 is 0 Å². The molecule has 0 saturated carbocycles. The Balaban J connectivity index is 2.15. The Labute approximate surface area is 125 Å². The Hall–Kier alpha value is -1.90. The van der Waals surface area contributed by atoms with Crippen molar-refractivity contribution in [1.29, 1.82) is 0 Å². The first-order chi connectivity index (χ1) is 9.75. The maximum absolute atomic E-state index is 13.2. The van der Waals surface area contributed by atoms with Gasteiger partial charge in [-0.1, -0.05) is 45.0 Å². The molecule has 0 saturated heterocycles. The number of rotatable bonds is 3. The van der Waals surface area contributed by atoms with Crippen molar-refractivity contribution in [1.82, 2.24) is 0 Å². The van der Waals surface area contributed by atoms with Crippen LogP contribution in [0.4, 0.5) is 14.5 Å². The molecule has 21 heavy (non-hydrogen) atoms. The Morgan fingerprint density at radius 2 is 1.43 bits per heavy atom. The predicted octanol–water partition coefficient (Wildman–Crippen LogP) is 5.44. The van der Waals surface area contributed by atoms with Crippen molar-refractivity contribution in [3.05, 3.63) is 65.2 Å². The van der Waals surface area contributed by atoms with Gasteiger partial charge in [0.15, 0.2) is 0 Å². The van der Waals surface area contributed by atoms with Gasteiger partial charge in [-0.2, -0.15) is 0 Å². The highest BCUT2D eigenvalue weighted by Crippen LogP contribution is 2.25. The highest BCUT2D eigenvalue weighted by Gasteiger charge is 2.14. The van der Waals surface area contributed by atoms with Crippen molar-refractivity contribution in [3.63, 3.8) is 0 Å². The molecular weight excluding hydrogens is 268 g/mol. The van der Waals surface area contributed by atoms with Gasteiger partial charge in [0.1, 0.15) is 11.6 Å². The lowest BCUT2D eigenvalue weighted by Gasteiger charge is -2.21. The largest absolute Gasteiger partial charge is 0.378 e. The Morgan fingerprint density at radius 1 is 0.905 bits per heavy atom. The van der Waals surface area contributed by atoms with Crippen molar-refractivity contribution >= 4 is 5.69 Å². The topological polar surface area (TPSA) is 12.0 Å². The van der Waals surface area contributed by atoms with Crippen LogP contribution in [0.2, 0.25) is 0 Å². The summed E-state index contributed by atoms with van der Waals surface area (Å²) in [5.74, 6) is -1.15. The van der Waals surface area contributed by atoms with Gasteiger partial charge in [-0.15, -0.1) is 0 Å². The third-order valence-corrected chi connectivity index (χ3v) is 3.52. The summed E-state index contributed by atoms with van der Waals surface area (Å²) < 4.78 is 26.4. The molecule has 0 bridgehead atoms. The third-order valence-electron chi connectivity index (χ3n) is 3.52. The molecule has 0 spiro atoms. The summed E-state index contributed by atoms with van der Waals surface area (Å²) in [6.45, 7) is 8.46. The molecule has 1 atom stereocenters. The third kappa shape index (κ3) is 4.03. The summed E-state index contributed by atoms with van der Waals surface area (Å²) in [7, 11) is 0. The summed E-state index contributed by atoms with van der Waals surface area (Å²) >= 11 is 0. The molecule has 0 aliphatic heterocycles. The summed E-state index contributed by atoms with van der Waals surface area (Å²) in [6, 6.07) is 11.7. The minimum Gasteiger partial charge on any atom is -0.378 e. The number of hydrogen-bond donors (Lipinski definition) is 1. The van der Waals surface area contributed by atoms with Crippen LogP contribution >= 0.6 is 0 Å². The van der Waals surface area contributed by atoms with Gasteiger partial charge in [0.2, 0.25) is 0 Å². The van der Waals surface area contributed by atoms with Gasteiger partial charge in [-0.05, 0) is 35.6 Å². The van der Waals surface area contributed by atoms with Crippen LogP contribution in [-0.4, -0.2) is 0 Å². The number of halogens is 2. The fourth-order valence-electron chi connectivity index (χ4n) is 2.24. The molecule has 0 aliphatic rings. The normalized spacial score (nSPS) is 13.0. The maximum atomic E-state index is 13.2. The van der Waals surface area contributed by atoms with Gasteiger partial charge in [-0.25, -0.2) is 8.78 Å². The molecule has 0 aliphatic carbocycles. The van der Waals surface area contributed by atoms with Crippen molar-refractivity contribution in [2.75, 3.05) is 5.32 Å². The van der Waals surface area contributed by atoms with E-state index in [2.05, 4.69) is 38.2 Å². The SMILES string of the molecule is CC(Nc1cc(F)cc(F)c1)c1ccc(C(C)(C)C)cc1. The molecule has 1 unspecified atom stereocenters. The minimum atomic E-state index is -0.576. The van der Waals surface area contributed by atoms with E-state index in [1.807, 2.05) is 19.1 Å². The van der Waals surface area contributed by atoms with E-state index in [1.165, 1.54) is 17.7 Å². The van der Waals surface area contributed by atoms with Crippen LogP contribution in [0, 0.1) is 11.6 Å². The van der Waals surface area contributed by atoms with Crippen LogP contribution in [0.25, 0.3) is 0 Å². The van der Waals surface area contributed by atoms with Gasteiger partial charge in [0.25, 0.3) is 0 Å². The lowest BCUT2D eigenvalue weighted by molar-refractivity contribution is 0.583. The Morgan fingerprint density at radius 3 is 1.90 bits per heavy atom. The van der Waals surface area contributed by atoms with Crippen molar-refractivity contribution in [2.24, 2.45) is 0 Å². The highest BCUT2D eigenvalue weighted by molar-refractivity contribution is 5.46. The first kappa shape index (κ1) is 15.5. The minimum absolute atomic E-state index is 0.0276. The predicted molar refractivity (Wildman–Crippen MR) is 83.5 cm³/mol. The van der Waals surface area contributed by atoms with Crippen LogP contribution in [0.1, 0.15) is 44.9 Å². The first-order valence-electron chi connectivity index (χ1n) is 7.09. The molecule has 0 fully saturated rings. The van der Waals surface area contributed by atoms with Gasteiger partial charge in [-0.3, -0.25) is 0 Å². The number of nitrogens with one attached hydrogen (secondary N) is 1. The second-order valence-electron chi connectivity index (χ2n) is 6.40. The van der Waals surface area contributed by atoms with Gasteiger partial charge in [0.05, 0.1) is 0 Å². The fraction of sp³-hybridized carbons (Fsp3) is 0.333. The molecule has 112 valence electrons. The molecule has 0 heterocycles. The van der Waals surface area contributed by atoms with E-state index in [0.29, 0.717) is 5.69 Å². The second-order valence-corrected chi connectivity index (χ2v) is 6.40. The zero-order valence-electron chi connectivity index (χ0n) is 12.9. The molecule has 0 radical (unpaired) electrons. The lowest BCUT2D eigenvalue weighted by atomic mass is 9.86. The zero-order chi connectivity index (χ0) is 15.6. The first-order valence-corrected chi connectivity index (χ1v) is 7.09. The maximum Gasteiger partial charge on any atom is 0.128 e. The molecule has 1 N–H and O–H groups in total. The molecular formula is C18H21F2N. The second kappa shape index (κ2) is 5.84. The molecule has 1 nitrogen and oxygen atoms in total. The highest BCUT2D eigenvalue weighted by atomic mass is 19.1. The lowest BCUT2D eigenvalue weighted by Crippen LogP contribution is -2.12. The zero-order valence-corrected chi connectivity index (χ0v) is 12.9. The van der Waals surface area contributed by atoms with Crippen LogP contribution in [0.5, 0.6) is 0 Å². The molecule has 2 rings (SSSR count). The van der Waals surface area contributed by atoms with E-state index in [4.69, 9.17) is 0 Å². The van der Waals surface area contributed by atoms with E-state index in [-0.39, 0.29) is 11.5 Å². The molecule has 0 aromatic heterocycles. The van der Waals surface area contributed by atoms with Crippen molar-refractivity contribution < 1.29 is 8.78 Å². The van der Waals surface area contributed by atoms with Crippen LogP contribution in [0.15, 0.2) is 42.5 Å². The molecule has 0 amide bonds. The van der Waals surface area contributed by atoms with Crippen molar-refractivity contribution in [3.8, 4) is 0 Å². The van der Waals surface area contributed by atoms with Crippen LogP contribution < -0.4 is 5.32 Å². The van der Waals surface area contributed by atoms with Crippen molar-refractivity contribution in [2.45, 2.75) is 39.2 Å². The van der Waals surface area contributed by atoms with E-state index in [1.54, 1.807) is 0 Å². The average Bonchev–Trinajstić information content (AvgIpc) is 2.36. The molecule has 3 heteroatoms. The summed E-state index contributed by atoms with van der Waals surface area (Å²) in [5, 5.41) is 3.12. The van der Waals surface area contributed by atoms with E-state index in [9.17, 15) is 8.78 Å². The number of anilines is 1. The van der Waals surface area contributed by atoms with Gasteiger partial charge in [0, 0.05) is 17.8 Å². The van der Waals surface area contributed by atoms with Gasteiger partial charge < -0.3 is 5.32 Å². The Kier molecular flexibility index (Phi) is 4.31. The standard InChI is InChI=1S/C18H21F2N/c1-12(21-17-10-15(19)9-16(20)11-17)13-5-7-14(8-6-13)18(2,3)4/h5-12,21H,1-4H3. The Bertz CT molecular complexity index is 592. The quantitative estimate of drug-likeness (QED) is 0.793. The van der Waals surface area contributed by atoms with E-state index >= 15 is 0 Å². The summed E-state index contributed by atoms with van der Waals surface area (Å²) in [4.78, 5) is 0. The van der Waals surface area contributed by atoms with Crippen LogP contribution in [0.3, 0.4) is 0 Å². The van der Waals surface area contributed by atoms with Crippen LogP contribution in [-0.2, 0) is 5.41 Å².